The van der Waals surface area contributed by atoms with Crippen LogP contribution in [0.5, 0.6) is 0 Å². The molecule has 3 aliphatic carbocycles. The van der Waals surface area contributed by atoms with Crippen LogP contribution in [0.1, 0.15) is 92.4 Å². The van der Waals surface area contributed by atoms with Crippen molar-refractivity contribution in [3.63, 3.8) is 0 Å². The Morgan fingerprint density at radius 3 is 2.41 bits per heavy atom. The lowest BCUT2D eigenvalue weighted by Gasteiger charge is -2.54. The molecule has 0 aromatic rings. The van der Waals surface area contributed by atoms with E-state index in [-0.39, 0.29) is 30.1 Å². The van der Waals surface area contributed by atoms with Crippen molar-refractivity contribution < 1.29 is 25.2 Å². The molecule has 3 aliphatic rings. The number of fused-ring (bicyclic) bond motifs is 1. The Morgan fingerprint density at radius 2 is 1.78 bits per heavy atom. The minimum atomic E-state index is -1.62. The molecule has 184 valence electrons. The lowest BCUT2D eigenvalue weighted by molar-refractivity contribution is -0.191. The first-order valence-electron chi connectivity index (χ1n) is 12.9. The monoisotopic (exact) mass is 450 g/mol. The number of hydrogen-bond donors (Lipinski definition) is 4. The standard InChI is InChI=1S/C27H46O5/c1-17(2)7-6-8-18(3)21-9-10-22(25(21,4)13-14-28)20-15-23(30)27(32)16-19(29)11-12-26(27,5)24(20)31/h15,17-19,21-23,28-30,32H,6-14,16H2,1-5H3/t18-,19-,21-,22?,23+,25-,26-,27-/m1/s1. The SMILES string of the molecule is CC(C)CCC[C@@H](C)[C@H]1CCC(C2=C[C@H](O)[C@]3(O)C[C@H](O)CC[C@]3(C)C2=O)[C@]1(C)CCO. The van der Waals surface area contributed by atoms with Gasteiger partial charge in [0.25, 0.3) is 0 Å². The van der Waals surface area contributed by atoms with E-state index in [2.05, 4.69) is 27.7 Å². The summed E-state index contributed by atoms with van der Waals surface area (Å²) in [5.41, 5.74) is -2.28. The first-order valence-corrected chi connectivity index (χ1v) is 12.9. The Balaban J connectivity index is 1.90. The molecule has 1 unspecified atom stereocenters. The van der Waals surface area contributed by atoms with Crippen LogP contribution in [0.3, 0.4) is 0 Å². The molecule has 0 radical (unpaired) electrons. The van der Waals surface area contributed by atoms with E-state index in [4.69, 9.17) is 0 Å². The maximum Gasteiger partial charge on any atom is 0.167 e. The van der Waals surface area contributed by atoms with Crippen molar-refractivity contribution in [1.29, 1.82) is 0 Å². The van der Waals surface area contributed by atoms with Crippen molar-refractivity contribution in [2.45, 2.75) is 110 Å². The molecule has 8 atom stereocenters. The van der Waals surface area contributed by atoms with E-state index in [0.717, 1.165) is 19.3 Å². The van der Waals surface area contributed by atoms with Crippen LogP contribution >= 0.6 is 0 Å². The average Bonchev–Trinajstić information content (AvgIpc) is 3.04. The number of aliphatic hydroxyl groups is 4. The summed E-state index contributed by atoms with van der Waals surface area (Å²) in [6.45, 7) is 10.9. The van der Waals surface area contributed by atoms with Gasteiger partial charge in [0.2, 0.25) is 0 Å². The largest absolute Gasteiger partial charge is 0.396 e. The lowest BCUT2D eigenvalue weighted by Crippen LogP contribution is -2.65. The van der Waals surface area contributed by atoms with Gasteiger partial charge in [-0.15, -0.1) is 0 Å². The molecule has 5 nitrogen and oxygen atoms in total. The highest BCUT2D eigenvalue weighted by Crippen LogP contribution is 2.60. The molecule has 0 heterocycles. The summed E-state index contributed by atoms with van der Waals surface area (Å²) in [4.78, 5) is 13.9. The van der Waals surface area contributed by atoms with E-state index in [1.807, 2.05) is 0 Å². The van der Waals surface area contributed by atoms with Gasteiger partial charge in [-0.1, -0.05) is 47.0 Å². The van der Waals surface area contributed by atoms with Crippen molar-refractivity contribution in [2.75, 3.05) is 6.61 Å². The normalized spacial score (nSPS) is 43.3. The summed E-state index contributed by atoms with van der Waals surface area (Å²) in [7, 11) is 0. The highest BCUT2D eigenvalue weighted by molar-refractivity contribution is 6.02. The van der Waals surface area contributed by atoms with E-state index in [0.29, 0.717) is 42.6 Å². The fourth-order valence-electron chi connectivity index (χ4n) is 7.45. The molecule has 0 aliphatic heterocycles. The Morgan fingerprint density at radius 1 is 1.09 bits per heavy atom. The van der Waals surface area contributed by atoms with Gasteiger partial charge in [-0.25, -0.2) is 0 Å². The number of Topliss-reactive ketones (excluding diaryl/α,β-unsaturated/α-hetero) is 1. The van der Waals surface area contributed by atoms with Gasteiger partial charge in [0.15, 0.2) is 5.78 Å². The second kappa shape index (κ2) is 9.48. The van der Waals surface area contributed by atoms with Gasteiger partial charge in [0, 0.05) is 13.0 Å². The minimum Gasteiger partial charge on any atom is -0.396 e. The molecule has 32 heavy (non-hydrogen) atoms. The minimum absolute atomic E-state index is 0.0221. The highest BCUT2D eigenvalue weighted by Gasteiger charge is 2.63. The maximum atomic E-state index is 13.9. The molecule has 0 saturated heterocycles. The van der Waals surface area contributed by atoms with Gasteiger partial charge < -0.3 is 20.4 Å². The predicted octanol–water partition coefficient (Wildman–Crippen LogP) is 4.02. The lowest BCUT2D eigenvalue weighted by atomic mass is 9.53. The van der Waals surface area contributed by atoms with Gasteiger partial charge >= 0.3 is 0 Å². The van der Waals surface area contributed by atoms with Crippen LogP contribution in [-0.2, 0) is 4.79 Å². The number of ketones is 1. The molecule has 0 spiro atoms. The Hall–Kier alpha value is -0.750. The van der Waals surface area contributed by atoms with Crippen molar-refractivity contribution in [3.05, 3.63) is 11.6 Å². The van der Waals surface area contributed by atoms with E-state index in [9.17, 15) is 25.2 Å². The molecule has 2 saturated carbocycles. The smallest absolute Gasteiger partial charge is 0.167 e. The van der Waals surface area contributed by atoms with Gasteiger partial charge in [-0.05, 0) is 79.8 Å². The molecule has 0 bridgehead atoms. The zero-order valence-corrected chi connectivity index (χ0v) is 20.8. The van der Waals surface area contributed by atoms with Crippen molar-refractivity contribution in [1.82, 2.24) is 0 Å². The Kier molecular flexibility index (Phi) is 7.66. The molecular formula is C27H46O5. The first kappa shape index (κ1) is 25.9. The van der Waals surface area contributed by atoms with Crippen LogP contribution in [0.4, 0.5) is 0 Å². The van der Waals surface area contributed by atoms with E-state index in [1.165, 1.54) is 12.8 Å². The number of hydrogen-bond acceptors (Lipinski definition) is 5. The first-order chi connectivity index (χ1) is 14.9. The van der Waals surface area contributed by atoms with Gasteiger partial charge in [0.05, 0.1) is 11.5 Å². The van der Waals surface area contributed by atoms with Crippen LogP contribution in [0.2, 0.25) is 0 Å². The average molecular weight is 451 g/mol. The van der Waals surface area contributed by atoms with E-state index in [1.54, 1.807) is 13.0 Å². The van der Waals surface area contributed by atoms with Crippen LogP contribution in [0.25, 0.3) is 0 Å². The zero-order valence-electron chi connectivity index (χ0n) is 20.8. The van der Waals surface area contributed by atoms with Crippen LogP contribution < -0.4 is 0 Å². The summed E-state index contributed by atoms with van der Waals surface area (Å²) >= 11 is 0. The van der Waals surface area contributed by atoms with Gasteiger partial charge in [-0.2, -0.15) is 0 Å². The number of carbonyl (C=O) groups excluding carboxylic acids is 1. The molecule has 2 fully saturated rings. The summed E-state index contributed by atoms with van der Waals surface area (Å²) in [5.74, 6) is 1.53. The topological polar surface area (TPSA) is 98.0 Å². The van der Waals surface area contributed by atoms with Crippen molar-refractivity contribution in [2.24, 2.45) is 34.5 Å². The Bertz CT molecular complexity index is 717. The molecule has 3 rings (SSSR count). The number of carbonyl (C=O) groups is 1. The fourth-order valence-corrected chi connectivity index (χ4v) is 7.45. The molecular weight excluding hydrogens is 404 g/mol. The number of rotatable bonds is 8. The summed E-state index contributed by atoms with van der Waals surface area (Å²) < 4.78 is 0. The van der Waals surface area contributed by atoms with Crippen LogP contribution in [0.15, 0.2) is 11.6 Å². The third kappa shape index (κ3) is 4.23. The second-order valence-electron chi connectivity index (χ2n) is 12.1. The number of aliphatic hydroxyl groups excluding tert-OH is 3. The van der Waals surface area contributed by atoms with E-state index >= 15 is 0 Å². The zero-order chi connectivity index (χ0) is 23.9. The fraction of sp³-hybridized carbons (Fsp3) is 0.889. The maximum absolute atomic E-state index is 13.9. The quantitative estimate of drug-likeness (QED) is 0.448. The van der Waals surface area contributed by atoms with Crippen LogP contribution in [0, 0.1) is 34.5 Å². The summed E-state index contributed by atoms with van der Waals surface area (Å²) in [6, 6.07) is 0. The third-order valence-electron chi connectivity index (χ3n) is 9.63. The van der Waals surface area contributed by atoms with E-state index < -0.39 is 23.2 Å². The second-order valence-corrected chi connectivity index (χ2v) is 12.1. The Labute approximate surface area is 194 Å². The molecule has 0 aromatic heterocycles. The highest BCUT2D eigenvalue weighted by atomic mass is 16.3. The third-order valence-corrected chi connectivity index (χ3v) is 9.63. The molecule has 4 N–H and O–H groups in total. The number of allylic oxidation sites excluding steroid dienone is 1. The van der Waals surface area contributed by atoms with Gasteiger partial charge in [0.1, 0.15) is 11.7 Å². The van der Waals surface area contributed by atoms with Crippen molar-refractivity contribution in [3.8, 4) is 0 Å². The molecule has 5 heteroatoms. The van der Waals surface area contributed by atoms with Crippen LogP contribution in [-0.4, -0.2) is 50.6 Å². The molecule has 0 amide bonds. The van der Waals surface area contributed by atoms with Gasteiger partial charge in [-0.3, -0.25) is 4.79 Å². The summed E-state index contributed by atoms with van der Waals surface area (Å²) in [6.07, 6.45) is 6.67. The summed E-state index contributed by atoms with van der Waals surface area (Å²) in [5, 5.41) is 42.4. The van der Waals surface area contributed by atoms with Crippen molar-refractivity contribution >= 4 is 5.78 Å². The predicted molar refractivity (Wildman–Crippen MR) is 126 cm³/mol. The molecule has 0 aromatic carbocycles.